The predicted octanol–water partition coefficient (Wildman–Crippen LogP) is 2.57. The lowest BCUT2D eigenvalue weighted by Gasteiger charge is -2.34. The number of hydrogen-bond acceptors (Lipinski definition) is 7. The SMILES string of the molecule is COC(=O)C1CCN(c2ncnc(N(CC(C)C)CC(C)C)c2N)CC1. The molecule has 0 spiro atoms. The Morgan fingerprint density at radius 1 is 1.23 bits per heavy atom. The van der Waals surface area contributed by atoms with Crippen molar-refractivity contribution >= 4 is 23.3 Å². The molecule has 26 heavy (non-hydrogen) atoms. The summed E-state index contributed by atoms with van der Waals surface area (Å²) < 4.78 is 4.86. The Bertz CT molecular complexity index is 588. The molecular weight excluding hydrogens is 330 g/mol. The highest BCUT2D eigenvalue weighted by atomic mass is 16.5. The van der Waals surface area contributed by atoms with Crippen LogP contribution >= 0.6 is 0 Å². The van der Waals surface area contributed by atoms with Crippen LogP contribution in [0.25, 0.3) is 0 Å². The third-order valence-corrected chi connectivity index (χ3v) is 4.64. The van der Waals surface area contributed by atoms with Crippen molar-refractivity contribution in [3.8, 4) is 0 Å². The molecule has 2 heterocycles. The van der Waals surface area contributed by atoms with Crippen molar-refractivity contribution in [1.82, 2.24) is 9.97 Å². The summed E-state index contributed by atoms with van der Waals surface area (Å²) in [7, 11) is 1.45. The minimum absolute atomic E-state index is 0.0304. The molecule has 2 N–H and O–H groups in total. The molecule has 1 aromatic heterocycles. The average molecular weight is 364 g/mol. The van der Waals surface area contributed by atoms with Crippen molar-refractivity contribution in [2.24, 2.45) is 17.8 Å². The van der Waals surface area contributed by atoms with E-state index in [4.69, 9.17) is 10.5 Å². The first-order valence-corrected chi connectivity index (χ1v) is 9.51. The number of nitrogen functional groups attached to an aromatic ring is 1. The standard InChI is InChI=1S/C19H33N5O2/c1-13(2)10-24(11-14(3)4)18-16(20)17(21-12-22-18)23-8-6-15(7-9-23)19(25)26-5/h12-15H,6-11,20H2,1-5H3. The smallest absolute Gasteiger partial charge is 0.308 e. The van der Waals surface area contributed by atoms with E-state index in [1.807, 2.05) is 0 Å². The molecule has 1 saturated heterocycles. The number of esters is 1. The van der Waals surface area contributed by atoms with Crippen LogP contribution in [0.4, 0.5) is 17.3 Å². The van der Waals surface area contributed by atoms with Crippen molar-refractivity contribution in [1.29, 1.82) is 0 Å². The molecule has 7 heteroatoms. The number of carbonyl (C=O) groups is 1. The molecular formula is C19H33N5O2. The Labute approximate surface area is 156 Å². The molecule has 0 unspecified atom stereocenters. The maximum Gasteiger partial charge on any atom is 0.308 e. The zero-order chi connectivity index (χ0) is 19.3. The number of nitrogens with zero attached hydrogens (tertiary/aromatic N) is 4. The van der Waals surface area contributed by atoms with Crippen molar-refractivity contribution in [2.45, 2.75) is 40.5 Å². The fraction of sp³-hybridized carbons (Fsp3) is 0.737. The number of methoxy groups -OCH3 is 1. The quantitative estimate of drug-likeness (QED) is 0.745. The highest BCUT2D eigenvalue weighted by Crippen LogP contribution is 2.32. The van der Waals surface area contributed by atoms with Crippen LogP contribution in [0.3, 0.4) is 0 Å². The average Bonchev–Trinajstić information content (AvgIpc) is 2.60. The third-order valence-electron chi connectivity index (χ3n) is 4.64. The van der Waals surface area contributed by atoms with Gasteiger partial charge in [0.05, 0.1) is 13.0 Å². The second kappa shape index (κ2) is 9.05. The van der Waals surface area contributed by atoms with Gasteiger partial charge in [-0.3, -0.25) is 4.79 Å². The van der Waals surface area contributed by atoms with Crippen LogP contribution in [0.2, 0.25) is 0 Å². The number of piperidine rings is 1. The summed E-state index contributed by atoms with van der Waals surface area (Å²) in [6, 6.07) is 0. The van der Waals surface area contributed by atoms with E-state index in [0.717, 1.165) is 50.7 Å². The first-order chi connectivity index (χ1) is 12.3. The van der Waals surface area contributed by atoms with Gasteiger partial charge in [0.1, 0.15) is 12.0 Å². The maximum atomic E-state index is 11.7. The molecule has 0 aliphatic carbocycles. The summed E-state index contributed by atoms with van der Waals surface area (Å²) >= 11 is 0. The number of ether oxygens (including phenoxy) is 1. The Kier molecular flexibility index (Phi) is 7.06. The lowest BCUT2D eigenvalue weighted by Crippen LogP contribution is -2.38. The van der Waals surface area contributed by atoms with Crippen LogP contribution in [-0.4, -0.2) is 49.2 Å². The van der Waals surface area contributed by atoms with Crippen LogP contribution in [0.1, 0.15) is 40.5 Å². The van der Waals surface area contributed by atoms with Crippen LogP contribution in [0.5, 0.6) is 0 Å². The highest BCUT2D eigenvalue weighted by molar-refractivity contribution is 5.77. The van der Waals surface area contributed by atoms with Gasteiger partial charge in [0.15, 0.2) is 11.6 Å². The van der Waals surface area contributed by atoms with E-state index in [-0.39, 0.29) is 11.9 Å². The van der Waals surface area contributed by atoms with E-state index in [1.165, 1.54) is 7.11 Å². The van der Waals surface area contributed by atoms with Gasteiger partial charge in [0.2, 0.25) is 0 Å². The minimum atomic E-state index is -0.124. The Hall–Kier alpha value is -2.05. The minimum Gasteiger partial charge on any atom is -0.469 e. The fourth-order valence-electron chi connectivity index (χ4n) is 3.50. The molecule has 0 atom stereocenters. The van der Waals surface area contributed by atoms with Crippen LogP contribution in [-0.2, 0) is 9.53 Å². The molecule has 2 rings (SSSR count). The lowest BCUT2D eigenvalue weighted by atomic mass is 9.97. The summed E-state index contributed by atoms with van der Waals surface area (Å²) in [6.45, 7) is 12.1. The Morgan fingerprint density at radius 2 is 1.81 bits per heavy atom. The molecule has 1 aliphatic heterocycles. The zero-order valence-electron chi connectivity index (χ0n) is 16.7. The van der Waals surface area contributed by atoms with Crippen molar-refractivity contribution in [2.75, 3.05) is 48.8 Å². The van der Waals surface area contributed by atoms with Gasteiger partial charge in [0, 0.05) is 26.2 Å². The van der Waals surface area contributed by atoms with Crippen LogP contribution in [0.15, 0.2) is 6.33 Å². The van der Waals surface area contributed by atoms with Gasteiger partial charge in [0.25, 0.3) is 0 Å². The van der Waals surface area contributed by atoms with E-state index in [9.17, 15) is 4.79 Å². The number of carbonyl (C=O) groups excluding carboxylic acids is 1. The fourth-order valence-corrected chi connectivity index (χ4v) is 3.50. The monoisotopic (exact) mass is 363 g/mol. The van der Waals surface area contributed by atoms with Crippen molar-refractivity contribution in [3.63, 3.8) is 0 Å². The van der Waals surface area contributed by atoms with Gasteiger partial charge in [-0.1, -0.05) is 27.7 Å². The molecule has 0 aromatic carbocycles. The topological polar surface area (TPSA) is 84.6 Å². The normalized spacial score (nSPS) is 15.6. The van der Waals surface area contributed by atoms with E-state index in [0.29, 0.717) is 17.5 Å². The van der Waals surface area contributed by atoms with Crippen molar-refractivity contribution in [3.05, 3.63) is 6.33 Å². The Balaban J connectivity index is 2.19. The summed E-state index contributed by atoms with van der Waals surface area (Å²) in [4.78, 5) is 25.1. The molecule has 1 aromatic rings. The molecule has 146 valence electrons. The predicted molar refractivity (Wildman–Crippen MR) is 105 cm³/mol. The summed E-state index contributed by atoms with van der Waals surface area (Å²) in [5, 5.41) is 0. The molecule has 1 aliphatic rings. The number of hydrogen-bond donors (Lipinski definition) is 1. The van der Waals surface area contributed by atoms with E-state index in [2.05, 4.69) is 47.5 Å². The first-order valence-electron chi connectivity index (χ1n) is 9.51. The lowest BCUT2D eigenvalue weighted by molar-refractivity contribution is -0.146. The van der Waals surface area contributed by atoms with Crippen LogP contribution in [0, 0.1) is 17.8 Å². The van der Waals surface area contributed by atoms with Gasteiger partial charge in [-0.05, 0) is 24.7 Å². The van der Waals surface area contributed by atoms with E-state index in [1.54, 1.807) is 6.33 Å². The van der Waals surface area contributed by atoms with Crippen molar-refractivity contribution < 1.29 is 9.53 Å². The van der Waals surface area contributed by atoms with Crippen LogP contribution < -0.4 is 15.5 Å². The zero-order valence-corrected chi connectivity index (χ0v) is 16.7. The Morgan fingerprint density at radius 3 is 2.31 bits per heavy atom. The molecule has 7 nitrogen and oxygen atoms in total. The largest absolute Gasteiger partial charge is 0.469 e. The van der Waals surface area contributed by atoms with Gasteiger partial charge in [-0.15, -0.1) is 0 Å². The summed E-state index contributed by atoms with van der Waals surface area (Å²) in [5.41, 5.74) is 7.12. The van der Waals surface area contributed by atoms with E-state index >= 15 is 0 Å². The van der Waals surface area contributed by atoms with Gasteiger partial charge in [-0.2, -0.15) is 0 Å². The molecule has 0 radical (unpaired) electrons. The third kappa shape index (κ3) is 4.99. The highest BCUT2D eigenvalue weighted by Gasteiger charge is 2.28. The van der Waals surface area contributed by atoms with E-state index < -0.39 is 0 Å². The molecule has 0 saturated carbocycles. The number of rotatable bonds is 7. The second-order valence-corrected chi connectivity index (χ2v) is 7.91. The molecule has 1 fully saturated rings. The summed E-state index contributed by atoms with van der Waals surface area (Å²) in [5.74, 6) is 2.46. The number of aromatic nitrogens is 2. The second-order valence-electron chi connectivity index (χ2n) is 7.91. The summed E-state index contributed by atoms with van der Waals surface area (Å²) in [6.07, 6.45) is 3.11. The molecule has 0 amide bonds. The van der Waals surface area contributed by atoms with Gasteiger partial charge < -0.3 is 20.3 Å². The van der Waals surface area contributed by atoms with Gasteiger partial charge in [-0.25, -0.2) is 9.97 Å². The number of nitrogens with two attached hydrogens (primary N) is 1. The molecule has 0 bridgehead atoms. The van der Waals surface area contributed by atoms with Gasteiger partial charge >= 0.3 is 5.97 Å². The first kappa shape index (κ1) is 20.3. The number of anilines is 3. The maximum absolute atomic E-state index is 11.7.